The molecule has 3 rings (SSSR count). The Kier molecular flexibility index (Phi) is 5.43. The monoisotopic (exact) mass is 374 g/mol. The van der Waals surface area contributed by atoms with E-state index in [0.29, 0.717) is 41.8 Å². The van der Waals surface area contributed by atoms with E-state index in [9.17, 15) is 9.59 Å². The summed E-state index contributed by atoms with van der Waals surface area (Å²) in [6.45, 7) is 0.636. The molecule has 2 amide bonds. The third-order valence-corrected chi connectivity index (χ3v) is 5.53. The number of carbonyl (C=O) groups excluding carboxylic acids is 2. The van der Waals surface area contributed by atoms with E-state index in [0.717, 1.165) is 19.3 Å². The van der Waals surface area contributed by atoms with Crippen molar-refractivity contribution in [2.45, 2.75) is 50.5 Å². The Morgan fingerprint density at radius 1 is 1.31 bits per heavy atom. The van der Waals surface area contributed by atoms with Crippen LogP contribution in [0.3, 0.4) is 0 Å². The van der Waals surface area contributed by atoms with Crippen molar-refractivity contribution < 1.29 is 14.3 Å². The highest BCUT2D eigenvalue weighted by Gasteiger charge is 2.46. The second kappa shape index (κ2) is 7.59. The first-order valence-corrected chi connectivity index (χ1v) is 9.39. The molecule has 0 heterocycles. The van der Waals surface area contributed by atoms with Crippen molar-refractivity contribution >= 4 is 29.1 Å². The molecule has 2 aliphatic rings. The quantitative estimate of drug-likeness (QED) is 0.776. The van der Waals surface area contributed by atoms with Gasteiger partial charge >= 0.3 is 5.91 Å². The highest BCUT2D eigenvalue weighted by molar-refractivity contribution is 6.32. The molecule has 1 aromatic carbocycles. The van der Waals surface area contributed by atoms with Gasteiger partial charge in [-0.25, -0.2) is 0 Å². The first-order valence-electron chi connectivity index (χ1n) is 9.01. The van der Waals surface area contributed by atoms with Crippen LogP contribution in [0.2, 0.25) is 5.02 Å². The molecule has 0 aliphatic heterocycles. The van der Waals surface area contributed by atoms with Crippen LogP contribution in [0, 0.1) is 18.3 Å². The summed E-state index contributed by atoms with van der Waals surface area (Å²) in [4.78, 5) is 26.3. The number of halogens is 1. The first kappa shape index (κ1) is 18.6. The molecule has 2 N–H and O–H groups in total. The third kappa shape index (κ3) is 3.66. The molecule has 2 saturated carbocycles. The summed E-state index contributed by atoms with van der Waals surface area (Å²) in [5, 5.41) is 0.383. The molecular formula is C20H23ClN2O3. The van der Waals surface area contributed by atoms with Crippen molar-refractivity contribution in [1.82, 2.24) is 0 Å². The van der Waals surface area contributed by atoms with E-state index in [2.05, 4.69) is 5.92 Å². The molecule has 138 valence electrons. The number of nitrogens with two attached hydrogens (primary N) is 1. The Morgan fingerprint density at radius 2 is 2.00 bits per heavy atom. The number of amides is 2. The van der Waals surface area contributed by atoms with Crippen molar-refractivity contribution in [3.8, 4) is 18.1 Å². The van der Waals surface area contributed by atoms with E-state index in [1.54, 1.807) is 18.2 Å². The maximum Gasteiger partial charge on any atom is 0.303 e. The van der Waals surface area contributed by atoms with Crippen molar-refractivity contribution in [3.63, 3.8) is 0 Å². The molecule has 0 aromatic heterocycles. The molecule has 0 unspecified atom stereocenters. The van der Waals surface area contributed by atoms with Crippen molar-refractivity contribution in [3.05, 3.63) is 23.2 Å². The van der Waals surface area contributed by atoms with Gasteiger partial charge in [0.2, 0.25) is 5.91 Å². The van der Waals surface area contributed by atoms with Crippen LogP contribution < -0.4 is 15.4 Å². The van der Waals surface area contributed by atoms with Gasteiger partial charge in [0.05, 0.1) is 11.6 Å². The van der Waals surface area contributed by atoms with Crippen LogP contribution in [-0.2, 0) is 9.59 Å². The Bertz CT molecular complexity index is 746. The average Bonchev–Trinajstić information content (AvgIpc) is 3.46. The van der Waals surface area contributed by atoms with Crippen LogP contribution >= 0.6 is 11.6 Å². The fraction of sp³-hybridized carbons (Fsp3) is 0.500. The van der Waals surface area contributed by atoms with Gasteiger partial charge in [-0.05, 0) is 55.7 Å². The average molecular weight is 375 g/mol. The van der Waals surface area contributed by atoms with Gasteiger partial charge in [-0.1, -0.05) is 30.9 Å². The lowest BCUT2D eigenvalue weighted by Crippen LogP contribution is -2.60. The molecule has 0 radical (unpaired) electrons. The predicted molar refractivity (Wildman–Crippen MR) is 101 cm³/mol. The summed E-state index contributed by atoms with van der Waals surface area (Å²) in [6.07, 6.45) is 11.4. The molecule has 0 bridgehead atoms. The molecule has 5 nitrogen and oxygen atoms in total. The highest BCUT2D eigenvalue weighted by atomic mass is 35.5. The Labute approximate surface area is 158 Å². The molecule has 2 aliphatic carbocycles. The first-order chi connectivity index (χ1) is 12.5. The molecule has 2 fully saturated rings. The lowest BCUT2D eigenvalue weighted by atomic mass is 9.79. The number of anilines is 1. The fourth-order valence-corrected chi connectivity index (χ4v) is 3.81. The minimum absolute atomic E-state index is 0.383. The van der Waals surface area contributed by atoms with Crippen LogP contribution in [0.25, 0.3) is 0 Å². The van der Waals surface area contributed by atoms with Crippen molar-refractivity contribution in [2.75, 3.05) is 11.5 Å². The van der Waals surface area contributed by atoms with E-state index in [1.807, 2.05) is 0 Å². The van der Waals surface area contributed by atoms with E-state index in [1.165, 1.54) is 17.7 Å². The topological polar surface area (TPSA) is 72.6 Å². The van der Waals surface area contributed by atoms with Gasteiger partial charge in [0.15, 0.2) is 0 Å². The van der Waals surface area contributed by atoms with Crippen LogP contribution in [0.15, 0.2) is 18.2 Å². The Balaban J connectivity index is 1.94. The summed E-state index contributed by atoms with van der Waals surface area (Å²) in [5.41, 5.74) is 5.09. The van der Waals surface area contributed by atoms with E-state index in [4.69, 9.17) is 28.5 Å². The van der Waals surface area contributed by atoms with E-state index >= 15 is 0 Å². The number of benzene rings is 1. The highest BCUT2D eigenvalue weighted by Crippen LogP contribution is 2.40. The number of hydrogen-bond acceptors (Lipinski definition) is 3. The summed E-state index contributed by atoms with van der Waals surface area (Å²) >= 11 is 6.36. The van der Waals surface area contributed by atoms with Crippen LogP contribution in [0.4, 0.5) is 5.69 Å². The largest absolute Gasteiger partial charge is 0.492 e. The van der Waals surface area contributed by atoms with Crippen LogP contribution in [0.5, 0.6) is 5.75 Å². The molecule has 0 spiro atoms. The summed E-state index contributed by atoms with van der Waals surface area (Å²) < 4.78 is 5.73. The maximum absolute atomic E-state index is 12.5. The van der Waals surface area contributed by atoms with Crippen LogP contribution in [-0.4, -0.2) is 24.0 Å². The molecule has 0 saturated heterocycles. The van der Waals surface area contributed by atoms with Gasteiger partial charge in [-0.2, -0.15) is 0 Å². The molecule has 26 heavy (non-hydrogen) atoms. The SMILES string of the molecule is C#CC(=O)N(c1ccc(OCC2CC2)c(Cl)c1)C1(C(N)=O)CCCCC1. The fourth-order valence-electron chi connectivity index (χ4n) is 3.58. The number of carbonyl (C=O) groups is 2. The number of primary amides is 1. The number of terminal acetylenes is 1. The lowest BCUT2D eigenvalue weighted by molar-refractivity contribution is -0.127. The number of rotatable bonds is 6. The second-order valence-electron chi connectivity index (χ2n) is 7.11. The zero-order valence-electron chi connectivity index (χ0n) is 14.7. The maximum atomic E-state index is 12.5. The van der Waals surface area contributed by atoms with E-state index in [-0.39, 0.29) is 0 Å². The molecule has 6 heteroatoms. The van der Waals surface area contributed by atoms with Gasteiger partial charge in [0.25, 0.3) is 0 Å². The van der Waals surface area contributed by atoms with Gasteiger partial charge in [-0.15, -0.1) is 6.42 Å². The number of hydrogen-bond donors (Lipinski definition) is 1. The minimum Gasteiger partial charge on any atom is -0.492 e. The van der Waals surface area contributed by atoms with Gasteiger partial charge < -0.3 is 10.5 Å². The second-order valence-corrected chi connectivity index (χ2v) is 7.52. The number of ether oxygens (including phenoxy) is 1. The van der Waals surface area contributed by atoms with Gasteiger partial charge in [0, 0.05) is 5.69 Å². The standard InChI is InChI=1S/C20H23ClN2O3/c1-2-18(24)23(20(19(22)25)10-4-3-5-11-20)15-8-9-17(16(21)12-15)26-13-14-6-7-14/h1,8-9,12,14H,3-7,10-11,13H2,(H2,22,25). The summed E-state index contributed by atoms with van der Waals surface area (Å²) in [6, 6.07) is 5.05. The molecule has 1 aromatic rings. The van der Waals surface area contributed by atoms with E-state index < -0.39 is 17.4 Å². The summed E-state index contributed by atoms with van der Waals surface area (Å²) in [5.74, 6) is 2.17. The zero-order valence-corrected chi connectivity index (χ0v) is 15.4. The Hall–Kier alpha value is -2.19. The molecule has 0 atom stereocenters. The van der Waals surface area contributed by atoms with Gasteiger partial charge in [0.1, 0.15) is 11.3 Å². The smallest absolute Gasteiger partial charge is 0.303 e. The van der Waals surface area contributed by atoms with Crippen molar-refractivity contribution in [2.24, 2.45) is 11.7 Å². The minimum atomic E-state index is -1.11. The van der Waals surface area contributed by atoms with Crippen molar-refractivity contribution in [1.29, 1.82) is 0 Å². The Morgan fingerprint density at radius 3 is 2.54 bits per heavy atom. The third-order valence-electron chi connectivity index (χ3n) is 5.24. The number of nitrogens with zero attached hydrogens (tertiary/aromatic N) is 1. The lowest BCUT2D eigenvalue weighted by Gasteiger charge is -2.43. The molecular weight excluding hydrogens is 352 g/mol. The zero-order chi connectivity index (χ0) is 18.7. The predicted octanol–water partition coefficient (Wildman–Crippen LogP) is 3.28. The van der Waals surface area contributed by atoms with Gasteiger partial charge in [-0.3, -0.25) is 14.5 Å². The van der Waals surface area contributed by atoms with Crippen LogP contribution in [0.1, 0.15) is 44.9 Å². The normalized spacial score (nSPS) is 18.6. The summed E-state index contributed by atoms with van der Waals surface area (Å²) in [7, 11) is 0.